The van der Waals surface area contributed by atoms with Gasteiger partial charge in [-0.15, -0.1) is 11.3 Å². The molecular weight excluding hydrogens is 315 g/mol. The van der Waals surface area contributed by atoms with Gasteiger partial charge in [-0.3, -0.25) is 0 Å². The Hall–Kier alpha value is -2.93. The van der Waals surface area contributed by atoms with E-state index < -0.39 is 0 Å². The van der Waals surface area contributed by atoms with Gasteiger partial charge in [0.1, 0.15) is 5.82 Å². The van der Waals surface area contributed by atoms with Crippen LogP contribution in [0, 0.1) is 5.82 Å². The largest absolute Gasteiger partial charge is 0.332 e. The van der Waals surface area contributed by atoms with Crippen molar-refractivity contribution in [3.05, 3.63) is 64.1 Å². The standard InChI is InChI=1S/C16H11FN4OS/c17-10-2-4-11(5-3-10)18-16-21-14(8-23-16)9-1-6-12-13(7-9)20-15(22)19-12/h1-8H,(H,18,21)(H2,19,20,22). The second-order valence-electron chi connectivity index (χ2n) is 5.01. The van der Waals surface area contributed by atoms with Crippen molar-refractivity contribution in [2.45, 2.75) is 0 Å². The molecule has 0 saturated carbocycles. The third-order valence-corrected chi connectivity index (χ3v) is 4.17. The Morgan fingerprint density at radius 2 is 1.83 bits per heavy atom. The molecular formula is C16H11FN4OS. The van der Waals surface area contributed by atoms with E-state index in [0.29, 0.717) is 5.13 Å². The van der Waals surface area contributed by atoms with Crippen molar-refractivity contribution in [1.29, 1.82) is 0 Å². The van der Waals surface area contributed by atoms with E-state index in [1.54, 1.807) is 12.1 Å². The summed E-state index contributed by atoms with van der Waals surface area (Å²) >= 11 is 1.46. The molecule has 3 N–H and O–H groups in total. The fourth-order valence-corrected chi connectivity index (χ4v) is 3.05. The van der Waals surface area contributed by atoms with Gasteiger partial charge in [-0.25, -0.2) is 14.2 Å². The zero-order valence-electron chi connectivity index (χ0n) is 11.8. The number of hydrogen-bond acceptors (Lipinski definition) is 4. The SMILES string of the molecule is O=c1[nH]c2ccc(-c3csc(Nc4ccc(F)cc4)n3)cc2[nH]1. The highest BCUT2D eigenvalue weighted by molar-refractivity contribution is 7.14. The first-order valence-corrected chi connectivity index (χ1v) is 7.76. The number of hydrogen-bond donors (Lipinski definition) is 3. The summed E-state index contributed by atoms with van der Waals surface area (Å²) in [5, 5.41) is 5.78. The molecule has 0 aliphatic heterocycles. The highest BCUT2D eigenvalue weighted by Gasteiger charge is 2.07. The van der Waals surface area contributed by atoms with Gasteiger partial charge in [0.2, 0.25) is 0 Å². The van der Waals surface area contributed by atoms with E-state index >= 15 is 0 Å². The molecule has 2 aromatic heterocycles. The summed E-state index contributed by atoms with van der Waals surface area (Å²) in [5.41, 5.74) is 3.78. The monoisotopic (exact) mass is 326 g/mol. The molecule has 5 nitrogen and oxygen atoms in total. The number of benzene rings is 2. The van der Waals surface area contributed by atoms with Crippen LogP contribution in [0.4, 0.5) is 15.2 Å². The molecule has 2 heterocycles. The number of thiazole rings is 1. The number of H-pyrrole nitrogens is 2. The topological polar surface area (TPSA) is 73.6 Å². The minimum atomic E-state index is -0.274. The number of aromatic amines is 2. The number of anilines is 2. The number of fused-ring (bicyclic) bond motifs is 1. The Labute approximate surface area is 133 Å². The summed E-state index contributed by atoms with van der Waals surface area (Å²) in [6, 6.07) is 11.7. The molecule has 7 heteroatoms. The second kappa shape index (κ2) is 5.36. The van der Waals surface area contributed by atoms with Crippen molar-refractivity contribution >= 4 is 33.2 Å². The molecule has 4 rings (SSSR count). The lowest BCUT2D eigenvalue weighted by molar-refractivity contribution is 0.628. The average molecular weight is 326 g/mol. The van der Waals surface area contributed by atoms with Crippen LogP contribution in [-0.4, -0.2) is 15.0 Å². The van der Waals surface area contributed by atoms with Gasteiger partial charge in [0, 0.05) is 16.6 Å². The fourth-order valence-electron chi connectivity index (χ4n) is 2.31. The zero-order valence-corrected chi connectivity index (χ0v) is 12.6. The lowest BCUT2D eigenvalue weighted by Gasteiger charge is -2.01. The lowest BCUT2D eigenvalue weighted by atomic mass is 10.1. The van der Waals surface area contributed by atoms with Gasteiger partial charge >= 0.3 is 5.69 Å². The predicted octanol–water partition coefficient (Wildman–Crippen LogP) is 3.86. The molecule has 0 bridgehead atoms. The summed E-state index contributed by atoms with van der Waals surface area (Å²) in [6.45, 7) is 0. The quantitative estimate of drug-likeness (QED) is 0.535. The molecule has 0 aliphatic rings. The predicted molar refractivity (Wildman–Crippen MR) is 89.7 cm³/mol. The van der Waals surface area contributed by atoms with Crippen LogP contribution >= 0.6 is 11.3 Å². The van der Waals surface area contributed by atoms with Gasteiger partial charge in [-0.05, 0) is 36.4 Å². The molecule has 0 aliphatic carbocycles. The van der Waals surface area contributed by atoms with E-state index in [9.17, 15) is 9.18 Å². The summed E-state index contributed by atoms with van der Waals surface area (Å²) in [7, 11) is 0. The van der Waals surface area contributed by atoms with Gasteiger partial charge in [0.25, 0.3) is 0 Å². The Kier molecular flexibility index (Phi) is 3.20. The van der Waals surface area contributed by atoms with Gasteiger partial charge in [-0.1, -0.05) is 6.07 Å². The number of halogens is 1. The molecule has 114 valence electrons. The fraction of sp³-hybridized carbons (Fsp3) is 0. The molecule has 23 heavy (non-hydrogen) atoms. The first-order valence-electron chi connectivity index (χ1n) is 6.88. The van der Waals surface area contributed by atoms with Gasteiger partial charge < -0.3 is 15.3 Å². The van der Waals surface area contributed by atoms with Crippen molar-refractivity contribution < 1.29 is 4.39 Å². The average Bonchev–Trinajstić information content (AvgIpc) is 3.14. The molecule has 0 atom stereocenters. The molecule has 4 aromatic rings. The third-order valence-electron chi connectivity index (χ3n) is 3.41. The van der Waals surface area contributed by atoms with Crippen LogP contribution < -0.4 is 11.0 Å². The van der Waals surface area contributed by atoms with Crippen LogP contribution in [0.5, 0.6) is 0 Å². The van der Waals surface area contributed by atoms with Crippen LogP contribution in [0.25, 0.3) is 22.3 Å². The normalized spacial score (nSPS) is 11.0. The van der Waals surface area contributed by atoms with Crippen molar-refractivity contribution in [2.24, 2.45) is 0 Å². The van der Waals surface area contributed by atoms with Gasteiger partial charge in [0.15, 0.2) is 5.13 Å². The van der Waals surface area contributed by atoms with Crippen LogP contribution in [-0.2, 0) is 0 Å². The number of aromatic nitrogens is 3. The Morgan fingerprint density at radius 1 is 1.04 bits per heavy atom. The Bertz CT molecular complexity index is 1030. The number of nitrogens with zero attached hydrogens (tertiary/aromatic N) is 1. The molecule has 0 spiro atoms. The third kappa shape index (κ3) is 2.74. The van der Waals surface area contributed by atoms with Crippen molar-refractivity contribution in [2.75, 3.05) is 5.32 Å². The molecule has 0 fully saturated rings. The highest BCUT2D eigenvalue weighted by atomic mass is 32.1. The minimum Gasteiger partial charge on any atom is -0.332 e. The number of nitrogens with one attached hydrogen (secondary N) is 3. The molecule has 0 amide bonds. The van der Waals surface area contributed by atoms with E-state index in [0.717, 1.165) is 28.0 Å². The first-order chi connectivity index (χ1) is 11.2. The number of rotatable bonds is 3. The van der Waals surface area contributed by atoms with Crippen molar-refractivity contribution in [3.63, 3.8) is 0 Å². The molecule has 0 unspecified atom stereocenters. The number of imidazole rings is 1. The summed E-state index contributed by atoms with van der Waals surface area (Å²) < 4.78 is 12.9. The molecule has 2 aromatic carbocycles. The van der Waals surface area contributed by atoms with E-state index in [4.69, 9.17) is 0 Å². The zero-order chi connectivity index (χ0) is 15.8. The second-order valence-corrected chi connectivity index (χ2v) is 5.87. The van der Waals surface area contributed by atoms with Crippen LogP contribution in [0.1, 0.15) is 0 Å². The first kappa shape index (κ1) is 13.7. The van der Waals surface area contributed by atoms with E-state index in [1.165, 1.54) is 23.5 Å². The highest BCUT2D eigenvalue weighted by Crippen LogP contribution is 2.28. The van der Waals surface area contributed by atoms with E-state index in [-0.39, 0.29) is 11.5 Å². The maximum absolute atomic E-state index is 12.9. The van der Waals surface area contributed by atoms with E-state index in [2.05, 4.69) is 20.3 Å². The van der Waals surface area contributed by atoms with Gasteiger partial charge in [0.05, 0.1) is 16.7 Å². The summed E-state index contributed by atoms with van der Waals surface area (Å²) in [4.78, 5) is 21.3. The van der Waals surface area contributed by atoms with Crippen molar-refractivity contribution in [3.8, 4) is 11.3 Å². The molecule has 0 radical (unpaired) electrons. The van der Waals surface area contributed by atoms with Crippen LogP contribution in [0.3, 0.4) is 0 Å². The summed E-state index contributed by atoms with van der Waals surface area (Å²) in [5.74, 6) is -0.274. The smallest absolute Gasteiger partial charge is 0.323 e. The minimum absolute atomic E-state index is 0.228. The maximum atomic E-state index is 12.9. The lowest BCUT2D eigenvalue weighted by Crippen LogP contribution is -1.99. The van der Waals surface area contributed by atoms with Crippen LogP contribution in [0.15, 0.2) is 52.6 Å². The van der Waals surface area contributed by atoms with Crippen molar-refractivity contribution in [1.82, 2.24) is 15.0 Å². The van der Waals surface area contributed by atoms with Crippen LogP contribution in [0.2, 0.25) is 0 Å². The van der Waals surface area contributed by atoms with Gasteiger partial charge in [-0.2, -0.15) is 0 Å². The Morgan fingerprint density at radius 3 is 2.65 bits per heavy atom. The molecule has 0 saturated heterocycles. The Balaban J connectivity index is 1.63. The summed E-state index contributed by atoms with van der Waals surface area (Å²) in [6.07, 6.45) is 0. The maximum Gasteiger partial charge on any atom is 0.323 e. The van der Waals surface area contributed by atoms with E-state index in [1.807, 2.05) is 23.6 Å².